The van der Waals surface area contributed by atoms with Gasteiger partial charge in [0.05, 0.1) is 28.1 Å². The second-order valence-electron chi connectivity index (χ2n) is 4.46. The van der Waals surface area contributed by atoms with Crippen molar-refractivity contribution in [2.75, 3.05) is 17.7 Å². The van der Waals surface area contributed by atoms with Crippen LogP contribution in [-0.2, 0) is 4.79 Å². The van der Waals surface area contributed by atoms with Crippen LogP contribution in [0, 0.1) is 0 Å². The summed E-state index contributed by atoms with van der Waals surface area (Å²) in [5.74, 6) is 0.395. The normalized spacial score (nSPS) is 10.4. The third-order valence-corrected chi connectivity index (χ3v) is 4.11. The molecular formula is C15H15Cl2N3O2S. The van der Waals surface area contributed by atoms with E-state index in [1.165, 1.54) is 11.8 Å². The summed E-state index contributed by atoms with van der Waals surface area (Å²) < 4.78 is 5.43. The van der Waals surface area contributed by atoms with E-state index in [0.29, 0.717) is 33.4 Å². The van der Waals surface area contributed by atoms with Gasteiger partial charge < -0.3 is 10.1 Å². The Labute approximate surface area is 148 Å². The average Bonchev–Trinajstić information content (AvgIpc) is 2.55. The zero-order valence-electron chi connectivity index (χ0n) is 12.4. The van der Waals surface area contributed by atoms with Gasteiger partial charge in [0.1, 0.15) is 0 Å². The van der Waals surface area contributed by atoms with E-state index >= 15 is 0 Å². The highest BCUT2D eigenvalue weighted by Gasteiger charge is 2.11. The minimum Gasteiger partial charge on any atom is -0.478 e. The van der Waals surface area contributed by atoms with E-state index in [0.717, 1.165) is 6.42 Å². The second kappa shape index (κ2) is 8.96. The molecule has 0 aliphatic carbocycles. The Morgan fingerprint density at radius 1 is 1.30 bits per heavy atom. The molecule has 0 aliphatic heterocycles. The van der Waals surface area contributed by atoms with E-state index in [-0.39, 0.29) is 11.7 Å². The van der Waals surface area contributed by atoms with Crippen molar-refractivity contribution in [2.45, 2.75) is 18.5 Å². The number of carbonyl (C=O) groups is 1. The van der Waals surface area contributed by atoms with Gasteiger partial charge in [-0.25, -0.2) is 4.98 Å². The Bertz CT molecular complexity index is 665. The van der Waals surface area contributed by atoms with Gasteiger partial charge in [0.2, 0.25) is 11.8 Å². The molecular weight excluding hydrogens is 357 g/mol. The summed E-state index contributed by atoms with van der Waals surface area (Å²) in [5, 5.41) is 3.94. The number of para-hydroxylation sites is 1. The number of anilines is 1. The van der Waals surface area contributed by atoms with E-state index in [9.17, 15) is 4.79 Å². The third-order valence-electron chi connectivity index (χ3n) is 2.62. The van der Waals surface area contributed by atoms with E-state index in [1.807, 2.05) is 6.92 Å². The van der Waals surface area contributed by atoms with Crippen LogP contribution in [0.15, 0.2) is 35.6 Å². The van der Waals surface area contributed by atoms with Crippen LogP contribution < -0.4 is 10.1 Å². The first kappa shape index (κ1) is 17.8. The summed E-state index contributed by atoms with van der Waals surface area (Å²) in [6.45, 7) is 2.60. The van der Waals surface area contributed by atoms with E-state index < -0.39 is 0 Å². The monoisotopic (exact) mass is 371 g/mol. The maximum absolute atomic E-state index is 12.0. The molecule has 0 saturated carbocycles. The van der Waals surface area contributed by atoms with Crippen LogP contribution >= 0.6 is 35.0 Å². The first-order chi connectivity index (χ1) is 11.1. The van der Waals surface area contributed by atoms with Gasteiger partial charge in [-0.1, -0.05) is 48.0 Å². The summed E-state index contributed by atoms with van der Waals surface area (Å²) in [4.78, 5) is 20.3. The number of hydrogen-bond donors (Lipinski definition) is 1. The largest absolute Gasteiger partial charge is 0.478 e. The number of hydrogen-bond acceptors (Lipinski definition) is 5. The molecule has 1 heterocycles. The molecule has 1 aromatic heterocycles. The first-order valence-electron chi connectivity index (χ1n) is 6.92. The lowest BCUT2D eigenvalue weighted by Crippen LogP contribution is -2.15. The van der Waals surface area contributed by atoms with Crippen molar-refractivity contribution >= 4 is 46.6 Å². The minimum absolute atomic E-state index is 0.138. The van der Waals surface area contributed by atoms with Crippen LogP contribution in [0.2, 0.25) is 10.0 Å². The van der Waals surface area contributed by atoms with Gasteiger partial charge in [0, 0.05) is 12.3 Å². The summed E-state index contributed by atoms with van der Waals surface area (Å²) in [5.41, 5.74) is 0.405. The first-order valence-corrected chi connectivity index (χ1v) is 8.66. The van der Waals surface area contributed by atoms with Crippen molar-refractivity contribution in [3.63, 3.8) is 0 Å². The highest BCUT2D eigenvalue weighted by atomic mass is 35.5. The minimum atomic E-state index is -0.242. The van der Waals surface area contributed by atoms with Crippen LogP contribution in [0.3, 0.4) is 0 Å². The molecule has 0 bridgehead atoms. The maximum Gasteiger partial charge on any atom is 0.234 e. The maximum atomic E-state index is 12.0. The molecule has 1 N–H and O–H groups in total. The van der Waals surface area contributed by atoms with Crippen molar-refractivity contribution in [2.24, 2.45) is 0 Å². The lowest BCUT2D eigenvalue weighted by atomic mass is 10.3. The van der Waals surface area contributed by atoms with Crippen molar-refractivity contribution < 1.29 is 9.53 Å². The lowest BCUT2D eigenvalue weighted by molar-refractivity contribution is -0.113. The number of carbonyl (C=O) groups excluding carboxylic acids is 1. The SMILES string of the molecule is CCCOc1ccnc(SCC(=O)Nc2c(Cl)cccc2Cl)n1. The molecule has 0 fully saturated rings. The molecule has 1 amide bonds. The molecule has 0 aliphatic rings. The van der Waals surface area contributed by atoms with E-state index in [4.69, 9.17) is 27.9 Å². The van der Waals surface area contributed by atoms with Crippen LogP contribution in [0.1, 0.15) is 13.3 Å². The summed E-state index contributed by atoms with van der Waals surface area (Å²) in [6.07, 6.45) is 2.50. The Morgan fingerprint density at radius 2 is 2.04 bits per heavy atom. The zero-order valence-corrected chi connectivity index (χ0v) is 14.7. The topological polar surface area (TPSA) is 64.1 Å². The zero-order chi connectivity index (χ0) is 16.7. The predicted molar refractivity (Wildman–Crippen MR) is 93.6 cm³/mol. The number of ether oxygens (including phenoxy) is 1. The van der Waals surface area contributed by atoms with Crippen LogP contribution in [0.4, 0.5) is 5.69 Å². The summed E-state index contributed by atoms with van der Waals surface area (Å²) >= 11 is 13.2. The Balaban J connectivity index is 1.92. The molecule has 0 atom stereocenters. The van der Waals surface area contributed by atoms with Gasteiger partial charge >= 0.3 is 0 Å². The number of rotatable bonds is 7. The number of nitrogens with one attached hydrogen (secondary N) is 1. The van der Waals surface area contributed by atoms with Crippen LogP contribution in [-0.4, -0.2) is 28.2 Å². The van der Waals surface area contributed by atoms with Crippen molar-refractivity contribution in [3.8, 4) is 5.88 Å². The van der Waals surface area contributed by atoms with Gasteiger partial charge in [-0.2, -0.15) is 4.98 Å². The predicted octanol–water partition coefficient (Wildman–Crippen LogP) is 4.30. The molecule has 1 aromatic carbocycles. The number of amides is 1. The highest BCUT2D eigenvalue weighted by Crippen LogP contribution is 2.30. The van der Waals surface area contributed by atoms with Gasteiger partial charge in [-0.15, -0.1) is 0 Å². The average molecular weight is 372 g/mol. The molecule has 0 spiro atoms. The molecule has 2 rings (SSSR count). The smallest absolute Gasteiger partial charge is 0.234 e. The van der Waals surface area contributed by atoms with Crippen LogP contribution in [0.5, 0.6) is 5.88 Å². The van der Waals surface area contributed by atoms with Crippen molar-refractivity contribution in [1.29, 1.82) is 0 Å². The molecule has 0 radical (unpaired) electrons. The fraction of sp³-hybridized carbons (Fsp3) is 0.267. The van der Waals surface area contributed by atoms with Crippen molar-refractivity contribution in [1.82, 2.24) is 9.97 Å². The highest BCUT2D eigenvalue weighted by molar-refractivity contribution is 7.99. The molecule has 8 heteroatoms. The van der Waals surface area contributed by atoms with Crippen molar-refractivity contribution in [3.05, 3.63) is 40.5 Å². The molecule has 0 unspecified atom stereocenters. The molecule has 122 valence electrons. The van der Waals surface area contributed by atoms with Gasteiger partial charge in [-0.3, -0.25) is 4.79 Å². The van der Waals surface area contributed by atoms with Gasteiger partial charge in [-0.05, 0) is 18.6 Å². The summed E-state index contributed by atoms with van der Waals surface area (Å²) in [6, 6.07) is 6.72. The number of aromatic nitrogens is 2. The van der Waals surface area contributed by atoms with E-state index in [1.54, 1.807) is 30.5 Å². The number of halogens is 2. The molecule has 23 heavy (non-hydrogen) atoms. The molecule has 0 saturated heterocycles. The number of benzene rings is 1. The fourth-order valence-electron chi connectivity index (χ4n) is 1.60. The van der Waals surface area contributed by atoms with Gasteiger partial charge in [0.15, 0.2) is 5.16 Å². The second-order valence-corrected chi connectivity index (χ2v) is 6.22. The molecule has 5 nitrogen and oxygen atoms in total. The standard InChI is InChI=1S/C15H15Cl2N3O2S/c1-2-8-22-13-6-7-18-15(20-13)23-9-12(21)19-14-10(16)4-3-5-11(14)17/h3-7H,2,8-9H2,1H3,(H,19,21). The fourth-order valence-corrected chi connectivity index (χ4v) is 2.72. The number of nitrogens with zero attached hydrogens (tertiary/aromatic N) is 2. The third kappa shape index (κ3) is 5.57. The van der Waals surface area contributed by atoms with Gasteiger partial charge in [0.25, 0.3) is 0 Å². The van der Waals surface area contributed by atoms with Crippen LogP contribution in [0.25, 0.3) is 0 Å². The Kier molecular flexibility index (Phi) is 6.95. The number of thioether (sulfide) groups is 1. The van der Waals surface area contributed by atoms with E-state index in [2.05, 4.69) is 15.3 Å². The Hall–Kier alpha value is -1.50. The lowest BCUT2D eigenvalue weighted by Gasteiger charge is -2.09. The Morgan fingerprint density at radius 3 is 2.74 bits per heavy atom. The quantitative estimate of drug-likeness (QED) is 0.580. The summed E-state index contributed by atoms with van der Waals surface area (Å²) in [7, 11) is 0. The molecule has 2 aromatic rings.